The van der Waals surface area contributed by atoms with E-state index >= 15 is 0 Å². The molecule has 1 aromatic carbocycles. The number of methoxy groups -OCH3 is 1. The maximum absolute atomic E-state index is 5.69. The van der Waals surface area contributed by atoms with Crippen LogP contribution in [-0.2, 0) is 6.54 Å². The fourth-order valence-corrected chi connectivity index (χ4v) is 2.63. The minimum atomic E-state index is 0.438. The first-order valence-electron chi connectivity index (χ1n) is 6.32. The molecule has 18 heavy (non-hydrogen) atoms. The van der Waals surface area contributed by atoms with Gasteiger partial charge in [-0.05, 0) is 44.5 Å². The molecule has 0 saturated carbocycles. The molecule has 1 aliphatic heterocycles. The zero-order valence-electron chi connectivity index (χ0n) is 11.0. The maximum Gasteiger partial charge on any atom is 0.123 e. The van der Waals surface area contributed by atoms with Gasteiger partial charge in [0.15, 0.2) is 0 Å². The Labute approximate surface area is 114 Å². The first-order valence-corrected chi connectivity index (χ1v) is 6.73. The van der Waals surface area contributed by atoms with Gasteiger partial charge in [-0.3, -0.25) is 4.90 Å². The Morgan fingerprint density at radius 3 is 2.89 bits per heavy atom. The van der Waals surface area contributed by atoms with Crippen molar-refractivity contribution in [2.45, 2.75) is 32.4 Å². The molecule has 1 unspecified atom stereocenters. The summed E-state index contributed by atoms with van der Waals surface area (Å²) in [4.78, 5) is 2.91. The number of rotatable bonds is 4. The summed E-state index contributed by atoms with van der Waals surface area (Å²) >= 11 is 5.03. The van der Waals surface area contributed by atoms with Crippen molar-refractivity contribution in [2.75, 3.05) is 13.7 Å². The zero-order chi connectivity index (χ0) is 13.1. The van der Waals surface area contributed by atoms with Crippen LogP contribution in [0.15, 0.2) is 18.2 Å². The lowest BCUT2D eigenvalue weighted by Crippen LogP contribution is -2.26. The van der Waals surface area contributed by atoms with Gasteiger partial charge in [-0.1, -0.05) is 12.2 Å². The van der Waals surface area contributed by atoms with E-state index in [1.165, 1.54) is 12.8 Å². The molecule has 1 fully saturated rings. The average molecular weight is 264 g/mol. The number of nitrogens with zero attached hydrogens (tertiary/aromatic N) is 1. The van der Waals surface area contributed by atoms with Gasteiger partial charge in [0, 0.05) is 23.7 Å². The highest BCUT2D eigenvalue weighted by molar-refractivity contribution is 7.80. The summed E-state index contributed by atoms with van der Waals surface area (Å²) in [7, 11) is 1.70. The fraction of sp³-hybridized carbons (Fsp3) is 0.500. The number of thiocarbonyl (C=S) groups is 1. The molecule has 0 aliphatic carbocycles. The molecule has 1 aromatic rings. The van der Waals surface area contributed by atoms with Gasteiger partial charge in [0.1, 0.15) is 10.7 Å². The van der Waals surface area contributed by atoms with Crippen molar-refractivity contribution in [1.82, 2.24) is 4.90 Å². The van der Waals surface area contributed by atoms with Gasteiger partial charge in [-0.2, -0.15) is 0 Å². The standard InChI is InChI=1S/C14H20N2OS/c1-10-4-3-7-16(10)9-12-8-11(14(15)18)5-6-13(12)17-2/h5-6,8,10H,3-4,7,9H2,1-2H3,(H2,15,18). The summed E-state index contributed by atoms with van der Waals surface area (Å²) in [6, 6.07) is 6.55. The molecule has 2 N–H and O–H groups in total. The quantitative estimate of drug-likeness (QED) is 0.847. The summed E-state index contributed by atoms with van der Waals surface area (Å²) < 4.78 is 5.41. The van der Waals surface area contributed by atoms with Crippen LogP contribution in [0.2, 0.25) is 0 Å². The highest BCUT2D eigenvalue weighted by Gasteiger charge is 2.21. The second kappa shape index (κ2) is 5.67. The number of hydrogen-bond donors (Lipinski definition) is 1. The van der Waals surface area contributed by atoms with Crippen molar-refractivity contribution in [3.63, 3.8) is 0 Å². The lowest BCUT2D eigenvalue weighted by atomic mass is 10.1. The topological polar surface area (TPSA) is 38.5 Å². The minimum absolute atomic E-state index is 0.438. The molecule has 0 aromatic heterocycles. The Kier molecular flexibility index (Phi) is 4.19. The van der Waals surface area contributed by atoms with Gasteiger partial charge in [0.25, 0.3) is 0 Å². The van der Waals surface area contributed by atoms with Crippen LogP contribution in [0.25, 0.3) is 0 Å². The van der Waals surface area contributed by atoms with Crippen molar-refractivity contribution < 1.29 is 4.74 Å². The zero-order valence-corrected chi connectivity index (χ0v) is 11.8. The van der Waals surface area contributed by atoms with Crippen LogP contribution in [0.4, 0.5) is 0 Å². The van der Waals surface area contributed by atoms with E-state index in [1.54, 1.807) is 7.11 Å². The molecule has 1 atom stereocenters. The monoisotopic (exact) mass is 264 g/mol. The van der Waals surface area contributed by atoms with Gasteiger partial charge < -0.3 is 10.5 Å². The molecular weight excluding hydrogens is 244 g/mol. The molecular formula is C14H20N2OS. The van der Waals surface area contributed by atoms with Crippen molar-refractivity contribution in [3.05, 3.63) is 29.3 Å². The molecule has 98 valence electrons. The second-order valence-electron chi connectivity index (χ2n) is 4.85. The number of hydrogen-bond acceptors (Lipinski definition) is 3. The van der Waals surface area contributed by atoms with Crippen LogP contribution in [0.1, 0.15) is 30.9 Å². The van der Waals surface area contributed by atoms with E-state index in [9.17, 15) is 0 Å². The van der Waals surface area contributed by atoms with E-state index in [0.717, 1.165) is 30.0 Å². The normalized spacial score (nSPS) is 20.0. The molecule has 3 nitrogen and oxygen atoms in total. The first kappa shape index (κ1) is 13.3. The summed E-state index contributed by atoms with van der Waals surface area (Å²) in [6.45, 7) is 4.33. The van der Waals surface area contributed by atoms with Crippen LogP contribution in [-0.4, -0.2) is 29.6 Å². The van der Waals surface area contributed by atoms with Crippen molar-refractivity contribution in [3.8, 4) is 5.75 Å². The Bertz CT molecular complexity index is 447. The fourth-order valence-electron chi connectivity index (χ4n) is 2.50. The summed E-state index contributed by atoms with van der Waals surface area (Å²) in [5.74, 6) is 0.911. The van der Waals surface area contributed by atoms with Crippen LogP contribution in [0.5, 0.6) is 5.75 Å². The predicted molar refractivity (Wildman–Crippen MR) is 78.0 cm³/mol. The molecule has 0 radical (unpaired) electrons. The van der Waals surface area contributed by atoms with Crippen LogP contribution in [0.3, 0.4) is 0 Å². The van der Waals surface area contributed by atoms with E-state index in [2.05, 4.69) is 11.8 Å². The van der Waals surface area contributed by atoms with Crippen LogP contribution in [0, 0.1) is 0 Å². The SMILES string of the molecule is COc1ccc(C(N)=S)cc1CN1CCCC1C. The Hall–Kier alpha value is -1.13. The lowest BCUT2D eigenvalue weighted by Gasteiger charge is -2.22. The van der Waals surface area contributed by atoms with Gasteiger partial charge >= 0.3 is 0 Å². The third kappa shape index (κ3) is 2.82. The van der Waals surface area contributed by atoms with Crippen molar-refractivity contribution in [1.29, 1.82) is 0 Å². The summed E-state index contributed by atoms with van der Waals surface area (Å²) in [5.41, 5.74) is 7.76. The third-order valence-corrected chi connectivity index (χ3v) is 3.86. The molecule has 1 saturated heterocycles. The lowest BCUT2D eigenvalue weighted by molar-refractivity contribution is 0.256. The third-order valence-electron chi connectivity index (χ3n) is 3.63. The first-order chi connectivity index (χ1) is 8.61. The Balaban J connectivity index is 2.23. The van der Waals surface area contributed by atoms with Crippen molar-refractivity contribution >= 4 is 17.2 Å². The highest BCUT2D eigenvalue weighted by atomic mass is 32.1. The minimum Gasteiger partial charge on any atom is -0.496 e. The van der Waals surface area contributed by atoms with E-state index in [4.69, 9.17) is 22.7 Å². The molecule has 2 rings (SSSR count). The number of likely N-dealkylation sites (tertiary alicyclic amines) is 1. The molecule has 1 heterocycles. The highest BCUT2D eigenvalue weighted by Crippen LogP contribution is 2.25. The van der Waals surface area contributed by atoms with E-state index in [-0.39, 0.29) is 0 Å². The summed E-state index contributed by atoms with van der Waals surface area (Å²) in [5, 5.41) is 0. The average Bonchev–Trinajstić information content (AvgIpc) is 2.75. The Morgan fingerprint density at radius 1 is 1.56 bits per heavy atom. The van der Waals surface area contributed by atoms with Gasteiger partial charge in [-0.25, -0.2) is 0 Å². The maximum atomic E-state index is 5.69. The van der Waals surface area contributed by atoms with E-state index < -0.39 is 0 Å². The van der Waals surface area contributed by atoms with E-state index in [0.29, 0.717) is 11.0 Å². The van der Waals surface area contributed by atoms with E-state index in [1.807, 2.05) is 18.2 Å². The smallest absolute Gasteiger partial charge is 0.123 e. The molecule has 0 bridgehead atoms. The molecule has 0 amide bonds. The van der Waals surface area contributed by atoms with Crippen LogP contribution < -0.4 is 10.5 Å². The summed E-state index contributed by atoms with van der Waals surface area (Å²) in [6.07, 6.45) is 2.55. The number of benzene rings is 1. The van der Waals surface area contributed by atoms with Gasteiger partial charge in [0.2, 0.25) is 0 Å². The second-order valence-corrected chi connectivity index (χ2v) is 5.29. The Morgan fingerprint density at radius 2 is 2.33 bits per heavy atom. The molecule has 1 aliphatic rings. The van der Waals surface area contributed by atoms with Crippen molar-refractivity contribution in [2.24, 2.45) is 5.73 Å². The predicted octanol–water partition coefficient (Wildman–Crippen LogP) is 2.31. The number of nitrogens with two attached hydrogens (primary N) is 1. The van der Waals surface area contributed by atoms with Gasteiger partial charge in [-0.15, -0.1) is 0 Å². The molecule has 4 heteroatoms. The number of ether oxygens (including phenoxy) is 1. The molecule has 0 spiro atoms. The van der Waals surface area contributed by atoms with Crippen LogP contribution >= 0.6 is 12.2 Å². The van der Waals surface area contributed by atoms with Gasteiger partial charge in [0.05, 0.1) is 7.11 Å². The largest absolute Gasteiger partial charge is 0.496 e.